The van der Waals surface area contributed by atoms with Gasteiger partial charge in [0.05, 0.1) is 22.8 Å². The van der Waals surface area contributed by atoms with Crippen molar-refractivity contribution in [2.75, 3.05) is 0 Å². The van der Waals surface area contributed by atoms with Gasteiger partial charge >= 0.3 is 0 Å². The van der Waals surface area contributed by atoms with E-state index < -0.39 is 10.8 Å². The molecule has 0 saturated carbocycles. The van der Waals surface area contributed by atoms with Crippen LogP contribution in [0.5, 0.6) is 0 Å². The maximum absolute atomic E-state index is 11.7. The van der Waals surface area contributed by atoms with Crippen molar-refractivity contribution in [2.24, 2.45) is 0 Å². The normalized spacial score (nSPS) is 13.0. The second-order valence-corrected chi connectivity index (χ2v) is 5.23. The molecule has 0 aliphatic heterocycles. The molecule has 1 aromatic heterocycles. The predicted molar refractivity (Wildman–Crippen MR) is 71.0 cm³/mol. The zero-order valence-corrected chi connectivity index (χ0v) is 10.6. The van der Waals surface area contributed by atoms with Crippen molar-refractivity contribution >= 4 is 28.5 Å². The molecule has 2 aromatic rings. The fraction of sp³-hybridized carbons (Fsp3) is 0.0769. The SMILES string of the molecule is O=S(C=Cc1ccco1)Cc1ccc(Cl)cc1. The first kappa shape index (κ1) is 12.1. The standard InChI is InChI=1S/C13H11ClO2S/c14-12-5-3-11(4-6-12)10-17(15)9-7-13-2-1-8-16-13/h1-9H,10H2. The van der Waals surface area contributed by atoms with Crippen molar-refractivity contribution in [3.63, 3.8) is 0 Å². The third-order valence-electron chi connectivity index (χ3n) is 2.15. The van der Waals surface area contributed by atoms with E-state index in [1.54, 1.807) is 35.9 Å². The van der Waals surface area contributed by atoms with Crippen LogP contribution < -0.4 is 0 Å². The van der Waals surface area contributed by atoms with Crippen LogP contribution in [0.1, 0.15) is 11.3 Å². The van der Waals surface area contributed by atoms with Gasteiger partial charge in [-0.15, -0.1) is 0 Å². The summed E-state index contributed by atoms with van der Waals surface area (Å²) in [7, 11) is -1.05. The summed E-state index contributed by atoms with van der Waals surface area (Å²) in [6, 6.07) is 11.0. The molecular formula is C13H11ClO2S. The van der Waals surface area contributed by atoms with Crippen LogP contribution >= 0.6 is 11.6 Å². The molecule has 1 heterocycles. The van der Waals surface area contributed by atoms with Gasteiger partial charge in [0, 0.05) is 10.4 Å². The maximum atomic E-state index is 11.7. The van der Waals surface area contributed by atoms with E-state index in [2.05, 4.69) is 0 Å². The van der Waals surface area contributed by atoms with E-state index >= 15 is 0 Å². The van der Waals surface area contributed by atoms with Gasteiger partial charge in [-0.3, -0.25) is 4.21 Å². The molecule has 17 heavy (non-hydrogen) atoms. The summed E-state index contributed by atoms with van der Waals surface area (Å²) < 4.78 is 16.9. The molecule has 4 heteroatoms. The highest BCUT2D eigenvalue weighted by Crippen LogP contribution is 2.12. The Morgan fingerprint density at radius 2 is 2.00 bits per heavy atom. The molecule has 0 radical (unpaired) electrons. The Kier molecular flexibility index (Phi) is 4.18. The van der Waals surface area contributed by atoms with Gasteiger partial charge in [0.25, 0.3) is 0 Å². The Labute approximate surface area is 107 Å². The van der Waals surface area contributed by atoms with E-state index in [0.29, 0.717) is 16.5 Å². The van der Waals surface area contributed by atoms with E-state index in [4.69, 9.17) is 16.0 Å². The van der Waals surface area contributed by atoms with Crippen molar-refractivity contribution in [2.45, 2.75) is 5.75 Å². The molecule has 0 bridgehead atoms. The summed E-state index contributed by atoms with van der Waals surface area (Å²) >= 11 is 5.77. The summed E-state index contributed by atoms with van der Waals surface area (Å²) in [5.74, 6) is 1.18. The molecule has 0 aliphatic carbocycles. The predicted octanol–water partition coefficient (Wildman–Crippen LogP) is 3.85. The minimum atomic E-state index is -1.05. The van der Waals surface area contributed by atoms with E-state index in [9.17, 15) is 4.21 Å². The first-order valence-corrected chi connectivity index (χ1v) is 6.83. The molecule has 0 amide bonds. The highest BCUT2D eigenvalue weighted by molar-refractivity contribution is 7.87. The number of hydrogen-bond acceptors (Lipinski definition) is 2. The maximum Gasteiger partial charge on any atom is 0.127 e. The molecule has 1 aromatic carbocycles. The Balaban J connectivity index is 1.95. The highest BCUT2D eigenvalue weighted by atomic mass is 35.5. The second-order valence-electron chi connectivity index (χ2n) is 3.47. The molecule has 0 fully saturated rings. The second kappa shape index (κ2) is 5.84. The van der Waals surface area contributed by atoms with Crippen molar-refractivity contribution in [1.29, 1.82) is 0 Å². The van der Waals surface area contributed by atoms with E-state index in [1.807, 2.05) is 18.2 Å². The summed E-state index contributed by atoms with van der Waals surface area (Å²) in [4.78, 5) is 0. The lowest BCUT2D eigenvalue weighted by Gasteiger charge is -1.98. The molecule has 0 spiro atoms. The number of rotatable bonds is 4. The van der Waals surface area contributed by atoms with Crippen LogP contribution in [0.2, 0.25) is 5.02 Å². The quantitative estimate of drug-likeness (QED) is 0.841. The van der Waals surface area contributed by atoms with Gasteiger partial charge in [-0.05, 0) is 35.9 Å². The lowest BCUT2D eigenvalue weighted by Crippen LogP contribution is -1.90. The minimum absolute atomic E-state index is 0.481. The van der Waals surface area contributed by atoms with Crippen LogP contribution in [0.25, 0.3) is 6.08 Å². The Hall–Kier alpha value is -1.32. The van der Waals surface area contributed by atoms with Crippen LogP contribution in [-0.4, -0.2) is 4.21 Å². The fourth-order valence-electron chi connectivity index (χ4n) is 1.32. The number of hydrogen-bond donors (Lipinski definition) is 0. The molecular weight excluding hydrogens is 256 g/mol. The van der Waals surface area contributed by atoms with E-state index in [-0.39, 0.29) is 0 Å². The lowest BCUT2D eigenvalue weighted by molar-refractivity contribution is 0.557. The molecule has 1 unspecified atom stereocenters. The largest absolute Gasteiger partial charge is 0.465 e. The van der Waals surface area contributed by atoms with Crippen molar-refractivity contribution in [3.8, 4) is 0 Å². The average Bonchev–Trinajstić information content (AvgIpc) is 2.83. The Morgan fingerprint density at radius 1 is 1.24 bits per heavy atom. The minimum Gasteiger partial charge on any atom is -0.465 e. The van der Waals surface area contributed by atoms with Crippen LogP contribution in [0.15, 0.2) is 52.5 Å². The highest BCUT2D eigenvalue weighted by Gasteiger charge is 1.98. The van der Waals surface area contributed by atoms with Gasteiger partial charge < -0.3 is 4.42 Å². The first-order chi connectivity index (χ1) is 8.24. The zero-order valence-electron chi connectivity index (χ0n) is 9.01. The smallest absolute Gasteiger partial charge is 0.127 e. The molecule has 0 N–H and O–H groups in total. The van der Waals surface area contributed by atoms with Crippen LogP contribution in [0.4, 0.5) is 0 Å². The summed E-state index contributed by atoms with van der Waals surface area (Å²) in [6.07, 6.45) is 3.30. The third-order valence-corrected chi connectivity index (χ3v) is 3.46. The van der Waals surface area contributed by atoms with Crippen LogP contribution in [0.3, 0.4) is 0 Å². The third kappa shape index (κ3) is 3.88. The molecule has 2 rings (SSSR count). The van der Waals surface area contributed by atoms with Gasteiger partial charge in [0.2, 0.25) is 0 Å². The van der Waals surface area contributed by atoms with E-state index in [1.165, 1.54) is 0 Å². The molecule has 88 valence electrons. The number of halogens is 1. The van der Waals surface area contributed by atoms with Crippen LogP contribution in [0, 0.1) is 0 Å². The fourth-order valence-corrected chi connectivity index (χ4v) is 2.35. The molecule has 1 atom stereocenters. The number of benzene rings is 1. The lowest BCUT2D eigenvalue weighted by atomic mass is 10.2. The first-order valence-electron chi connectivity index (χ1n) is 5.07. The van der Waals surface area contributed by atoms with Gasteiger partial charge in [-0.1, -0.05) is 23.7 Å². The van der Waals surface area contributed by atoms with Gasteiger partial charge in [0.1, 0.15) is 5.76 Å². The summed E-state index contributed by atoms with van der Waals surface area (Å²) in [6.45, 7) is 0. The van der Waals surface area contributed by atoms with Crippen molar-refractivity contribution in [1.82, 2.24) is 0 Å². The van der Waals surface area contributed by atoms with Gasteiger partial charge in [0.15, 0.2) is 0 Å². The summed E-state index contributed by atoms with van der Waals surface area (Å²) in [5, 5.41) is 2.32. The molecule has 2 nitrogen and oxygen atoms in total. The molecule has 0 saturated heterocycles. The Bertz CT molecular complexity index is 515. The van der Waals surface area contributed by atoms with Gasteiger partial charge in [-0.2, -0.15) is 0 Å². The van der Waals surface area contributed by atoms with Crippen molar-refractivity contribution < 1.29 is 8.63 Å². The monoisotopic (exact) mass is 266 g/mol. The van der Waals surface area contributed by atoms with E-state index in [0.717, 1.165) is 5.56 Å². The van der Waals surface area contributed by atoms with Gasteiger partial charge in [-0.25, -0.2) is 0 Å². The topological polar surface area (TPSA) is 30.2 Å². The zero-order chi connectivity index (χ0) is 12.1. The number of furan rings is 1. The average molecular weight is 267 g/mol. The molecule has 0 aliphatic rings. The summed E-state index contributed by atoms with van der Waals surface area (Å²) in [5.41, 5.74) is 0.997. The van der Waals surface area contributed by atoms with Crippen LogP contribution in [-0.2, 0) is 16.6 Å². The Morgan fingerprint density at radius 3 is 2.65 bits per heavy atom. The van der Waals surface area contributed by atoms with Crippen molar-refractivity contribution in [3.05, 3.63) is 64.4 Å².